The van der Waals surface area contributed by atoms with Gasteiger partial charge in [-0.1, -0.05) is 124 Å². The molecule has 3 rings (SSSR count). The Morgan fingerprint density at radius 2 is 0.580 bits per heavy atom. The van der Waals surface area contributed by atoms with Gasteiger partial charge in [0.05, 0.1) is 24.6 Å². The van der Waals surface area contributed by atoms with Gasteiger partial charge in [-0.25, -0.2) is 0 Å². The van der Waals surface area contributed by atoms with Crippen LogP contribution in [-0.4, -0.2) is 32.7 Å². The van der Waals surface area contributed by atoms with Crippen molar-refractivity contribution in [3.63, 3.8) is 0 Å². The summed E-state index contributed by atoms with van der Waals surface area (Å²) < 4.78 is 32.3. The van der Waals surface area contributed by atoms with Crippen molar-refractivity contribution < 1.29 is 8.22 Å². The van der Waals surface area contributed by atoms with E-state index in [1.807, 2.05) is 0 Å². The van der Waals surface area contributed by atoms with Crippen molar-refractivity contribution in [1.82, 2.24) is 0 Å². The van der Waals surface area contributed by atoms with Gasteiger partial charge in [-0.2, -0.15) is 0 Å². The second-order valence-electron chi connectivity index (χ2n) is 15.0. The van der Waals surface area contributed by atoms with Crippen LogP contribution in [0.15, 0.2) is 91.0 Å². The fourth-order valence-electron chi connectivity index (χ4n) is 7.49. The molecule has 0 bridgehead atoms. The SMILES string of the molecule is CCCCCCCCCCCCCCCC[P+](CCCC)(CCCC)CCCC.F[Si-](F)(c1ccccc1)(c1ccccc1)c1ccccc1. The van der Waals surface area contributed by atoms with Gasteiger partial charge in [0.1, 0.15) is 0 Å². The van der Waals surface area contributed by atoms with Gasteiger partial charge in [-0.05, 0) is 32.1 Å². The summed E-state index contributed by atoms with van der Waals surface area (Å²) >= 11 is 0. The Bertz CT molecular complexity index is 1080. The minimum atomic E-state index is -5.68. The number of hydrogen-bond donors (Lipinski definition) is 0. The quantitative estimate of drug-likeness (QED) is 0.0241. The molecular formula is C46H75F2PSi. The Morgan fingerprint density at radius 3 is 0.860 bits per heavy atom. The zero-order valence-electron chi connectivity index (χ0n) is 32.8. The van der Waals surface area contributed by atoms with Crippen LogP contribution >= 0.6 is 7.26 Å². The molecule has 282 valence electrons. The number of benzene rings is 3. The van der Waals surface area contributed by atoms with E-state index in [1.165, 1.54) is 158 Å². The molecule has 0 aliphatic heterocycles. The van der Waals surface area contributed by atoms with Crippen molar-refractivity contribution in [2.75, 3.05) is 24.6 Å². The zero-order chi connectivity index (χ0) is 36.3. The first-order valence-electron chi connectivity index (χ1n) is 21.0. The summed E-state index contributed by atoms with van der Waals surface area (Å²) in [5.41, 5.74) is 0. The van der Waals surface area contributed by atoms with E-state index >= 15 is 8.22 Å². The van der Waals surface area contributed by atoms with Crippen LogP contribution in [0.2, 0.25) is 0 Å². The first-order valence-corrected chi connectivity index (χ1v) is 25.7. The Hall–Kier alpha value is -1.83. The molecular weight excluding hydrogens is 650 g/mol. The molecule has 0 heterocycles. The topological polar surface area (TPSA) is 0 Å². The van der Waals surface area contributed by atoms with Crippen LogP contribution in [-0.2, 0) is 0 Å². The maximum atomic E-state index is 16.2. The Labute approximate surface area is 309 Å². The second-order valence-corrected chi connectivity index (χ2v) is 23.2. The molecule has 0 aliphatic carbocycles. The molecule has 0 unspecified atom stereocenters. The maximum absolute atomic E-state index is 16.2. The summed E-state index contributed by atoms with van der Waals surface area (Å²) in [6.07, 6.45) is 36.0. The fraction of sp³-hybridized carbons (Fsp3) is 0.609. The molecule has 0 amide bonds. The van der Waals surface area contributed by atoms with Crippen LogP contribution in [0.3, 0.4) is 0 Å². The first kappa shape index (κ1) is 44.3. The molecule has 0 saturated heterocycles. The standard InChI is InChI=1S/C28H60P.C18H15F2Si/c1-5-9-13-14-15-16-17-18-19-20-21-22-23-24-28-29(25-10-6-2,26-11-7-3)27-12-8-4;19-21(20,16-10-4-1-5-11-16,17-12-6-2-7-13-17)18-14-8-3-9-15-18/h5-28H2,1-4H3;1-15H/q+1;-1. The molecule has 0 saturated carbocycles. The molecule has 0 aliphatic rings. The molecule has 50 heavy (non-hydrogen) atoms. The number of halogens is 2. The van der Waals surface area contributed by atoms with Crippen molar-refractivity contribution in [2.45, 2.75) is 156 Å². The van der Waals surface area contributed by atoms with Gasteiger partial charge in [-0.15, -0.1) is 0 Å². The van der Waals surface area contributed by atoms with E-state index in [1.54, 1.807) is 85.7 Å². The first-order chi connectivity index (χ1) is 24.4. The summed E-state index contributed by atoms with van der Waals surface area (Å²) in [7, 11) is -6.31. The van der Waals surface area contributed by atoms with Gasteiger partial charge in [0.15, 0.2) is 0 Å². The summed E-state index contributed by atoms with van der Waals surface area (Å²) in [5.74, 6) is 0. The van der Waals surface area contributed by atoms with Crippen molar-refractivity contribution in [1.29, 1.82) is 0 Å². The second kappa shape index (κ2) is 26.0. The third kappa shape index (κ3) is 15.4. The molecule has 0 nitrogen and oxygen atoms in total. The minimum absolute atomic E-state index is 0.120. The van der Waals surface area contributed by atoms with Gasteiger partial charge in [0, 0.05) is 7.26 Å². The van der Waals surface area contributed by atoms with Crippen molar-refractivity contribution >= 4 is 30.8 Å². The van der Waals surface area contributed by atoms with Crippen molar-refractivity contribution in [2.24, 2.45) is 0 Å². The molecule has 4 heteroatoms. The van der Waals surface area contributed by atoms with E-state index in [0.717, 1.165) is 0 Å². The Balaban J connectivity index is 0.000000361. The predicted octanol–water partition coefficient (Wildman–Crippen LogP) is 13.9. The number of hydrogen-bond acceptors (Lipinski definition) is 0. The van der Waals surface area contributed by atoms with E-state index in [0.29, 0.717) is 0 Å². The molecule has 0 aromatic heterocycles. The van der Waals surface area contributed by atoms with Gasteiger partial charge in [0.2, 0.25) is 0 Å². The Morgan fingerprint density at radius 1 is 0.340 bits per heavy atom. The molecule has 0 atom stereocenters. The van der Waals surface area contributed by atoms with E-state index in [4.69, 9.17) is 0 Å². The third-order valence-electron chi connectivity index (χ3n) is 10.8. The predicted molar refractivity (Wildman–Crippen MR) is 228 cm³/mol. The molecule has 0 spiro atoms. The van der Waals surface area contributed by atoms with Crippen LogP contribution < -0.4 is 15.6 Å². The normalized spacial score (nSPS) is 12.6. The van der Waals surface area contributed by atoms with E-state index in [9.17, 15) is 0 Å². The molecule has 3 aromatic carbocycles. The third-order valence-corrected chi connectivity index (χ3v) is 19.9. The number of rotatable bonds is 27. The Kier molecular flexibility index (Phi) is 23.1. The summed E-state index contributed by atoms with van der Waals surface area (Å²) in [4.78, 5) is 0. The monoisotopic (exact) mass is 725 g/mol. The van der Waals surface area contributed by atoms with Gasteiger partial charge >= 0.3 is 123 Å². The number of unbranched alkanes of at least 4 members (excludes halogenated alkanes) is 16. The molecule has 3 aromatic rings. The van der Waals surface area contributed by atoms with Gasteiger partial charge in [-0.3, -0.25) is 0 Å². The van der Waals surface area contributed by atoms with E-state index in [2.05, 4.69) is 27.7 Å². The van der Waals surface area contributed by atoms with Crippen LogP contribution in [0.5, 0.6) is 0 Å². The summed E-state index contributed by atoms with van der Waals surface area (Å²) in [6, 6.07) is 24.5. The van der Waals surface area contributed by atoms with Gasteiger partial charge in [0.25, 0.3) is 0 Å². The van der Waals surface area contributed by atoms with E-state index in [-0.39, 0.29) is 15.6 Å². The molecule has 0 N–H and O–H groups in total. The van der Waals surface area contributed by atoms with Crippen LogP contribution in [0.25, 0.3) is 0 Å². The molecule has 0 radical (unpaired) electrons. The van der Waals surface area contributed by atoms with Crippen LogP contribution in [0.4, 0.5) is 8.22 Å². The van der Waals surface area contributed by atoms with E-state index < -0.39 is 15.3 Å². The summed E-state index contributed by atoms with van der Waals surface area (Å²) in [6.45, 7) is 9.48. The zero-order valence-corrected chi connectivity index (χ0v) is 34.7. The average molecular weight is 725 g/mol. The van der Waals surface area contributed by atoms with Crippen LogP contribution in [0, 0.1) is 0 Å². The summed E-state index contributed by atoms with van der Waals surface area (Å²) in [5, 5.41) is 0.361. The van der Waals surface area contributed by atoms with Crippen molar-refractivity contribution in [3.8, 4) is 0 Å². The van der Waals surface area contributed by atoms with Gasteiger partial charge < -0.3 is 0 Å². The average Bonchev–Trinajstić information content (AvgIpc) is 3.16. The van der Waals surface area contributed by atoms with Crippen molar-refractivity contribution in [3.05, 3.63) is 91.0 Å². The van der Waals surface area contributed by atoms with Crippen LogP contribution in [0.1, 0.15) is 156 Å². The molecule has 0 fully saturated rings. The fourth-order valence-corrected chi connectivity index (χ4v) is 16.0.